The molecule has 31 heavy (non-hydrogen) atoms. The van der Waals surface area contributed by atoms with Crippen LogP contribution in [-0.4, -0.2) is 37.1 Å². The van der Waals surface area contributed by atoms with Crippen molar-refractivity contribution in [3.8, 4) is 11.4 Å². The van der Waals surface area contributed by atoms with Gasteiger partial charge in [0.2, 0.25) is 5.89 Å². The highest BCUT2D eigenvalue weighted by Gasteiger charge is 2.16. The van der Waals surface area contributed by atoms with Crippen LogP contribution in [0.1, 0.15) is 23.1 Å². The van der Waals surface area contributed by atoms with E-state index in [9.17, 15) is 9.59 Å². The van der Waals surface area contributed by atoms with Crippen molar-refractivity contribution < 1.29 is 14.1 Å². The molecule has 0 aliphatic heterocycles. The molecule has 0 radical (unpaired) electrons. The van der Waals surface area contributed by atoms with E-state index in [0.717, 1.165) is 11.1 Å². The standard InChI is InChI=1S/C21H19N7O3/c29-20(22-12-17-25-19(27-26-17)15-9-5-2-6-10-15)21(30)23-13-18-24-16(28-31-18)11-14-7-3-1-4-8-14/h1-10H,11-13H2,(H,22,29)(H,23,30)(H,25,26,27). The van der Waals surface area contributed by atoms with E-state index in [4.69, 9.17) is 4.52 Å². The van der Waals surface area contributed by atoms with E-state index in [0.29, 0.717) is 23.9 Å². The second-order valence-electron chi connectivity index (χ2n) is 6.60. The van der Waals surface area contributed by atoms with Crippen LogP contribution in [0.3, 0.4) is 0 Å². The number of benzene rings is 2. The molecule has 2 aromatic heterocycles. The molecule has 0 aliphatic rings. The first-order valence-corrected chi connectivity index (χ1v) is 9.55. The van der Waals surface area contributed by atoms with E-state index in [2.05, 4.69) is 36.0 Å². The Hall–Kier alpha value is -4.34. The topological polar surface area (TPSA) is 139 Å². The van der Waals surface area contributed by atoms with Gasteiger partial charge in [0, 0.05) is 12.0 Å². The van der Waals surface area contributed by atoms with Gasteiger partial charge in [-0.25, -0.2) is 4.98 Å². The lowest BCUT2D eigenvalue weighted by Gasteiger charge is -2.03. The average molecular weight is 417 g/mol. The smallest absolute Gasteiger partial charge is 0.309 e. The summed E-state index contributed by atoms with van der Waals surface area (Å²) >= 11 is 0. The summed E-state index contributed by atoms with van der Waals surface area (Å²) in [7, 11) is 0. The number of hydrogen-bond donors (Lipinski definition) is 3. The van der Waals surface area contributed by atoms with Crippen LogP contribution in [-0.2, 0) is 29.1 Å². The first-order chi connectivity index (χ1) is 15.2. The molecule has 10 nitrogen and oxygen atoms in total. The molecule has 0 bridgehead atoms. The van der Waals surface area contributed by atoms with E-state index in [1.54, 1.807) is 0 Å². The molecule has 0 saturated heterocycles. The number of aromatic nitrogens is 5. The molecule has 4 aromatic rings. The third-order valence-electron chi connectivity index (χ3n) is 4.30. The van der Waals surface area contributed by atoms with E-state index in [1.807, 2.05) is 60.7 Å². The molecular formula is C21H19N7O3. The van der Waals surface area contributed by atoms with Gasteiger partial charge < -0.3 is 15.2 Å². The summed E-state index contributed by atoms with van der Waals surface area (Å²) in [4.78, 5) is 32.5. The number of aromatic amines is 1. The summed E-state index contributed by atoms with van der Waals surface area (Å²) in [6, 6.07) is 19.1. The van der Waals surface area contributed by atoms with Gasteiger partial charge in [0.25, 0.3) is 0 Å². The van der Waals surface area contributed by atoms with Crippen molar-refractivity contribution in [1.29, 1.82) is 0 Å². The minimum Gasteiger partial charge on any atom is -0.341 e. The van der Waals surface area contributed by atoms with Crippen LogP contribution in [0.25, 0.3) is 11.4 Å². The van der Waals surface area contributed by atoms with Crippen LogP contribution >= 0.6 is 0 Å². The number of amides is 2. The number of carbonyl (C=O) groups excluding carboxylic acids is 2. The van der Waals surface area contributed by atoms with E-state index < -0.39 is 11.8 Å². The van der Waals surface area contributed by atoms with Crippen LogP contribution in [0.4, 0.5) is 0 Å². The summed E-state index contributed by atoms with van der Waals surface area (Å²) in [6.07, 6.45) is 0.515. The predicted octanol–water partition coefficient (Wildman–Crippen LogP) is 1.38. The first-order valence-electron chi connectivity index (χ1n) is 9.55. The van der Waals surface area contributed by atoms with Gasteiger partial charge in [-0.15, -0.1) is 0 Å². The number of carbonyl (C=O) groups is 2. The van der Waals surface area contributed by atoms with Crippen LogP contribution in [0, 0.1) is 0 Å². The lowest BCUT2D eigenvalue weighted by molar-refractivity contribution is -0.139. The number of H-pyrrole nitrogens is 1. The normalized spacial score (nSPS) is 10.6. The monoisotopic (exact) mass is 417 g/mol. The van der Waals surface area contributed by atoms with Crippen LogP contribution in [0.15, 0.2) is 65.2 Å². The Morgan fingerprint density at radius 3 is 2.29 bits per heavy atom. The maximum atomic E-state index is 12.0. The average Bonchev–Trinajstić information content (AvgIpc) is 3.47. The van der Waals surface area contributed by atoms with Gasteiger partial charge in [-0.2, -0.15) is 10.1 Å². The second-order valence-corrected chi connectivity index (χ2v) is 6.60. The van der Waals surface area contributed by atoms with E-state index >= 15 is 0 Å². The van der Waals surface area contributed by atoms with Crippen molar-refractivity contribution in [3.63, 3.8) is 0 Å². The number of nitrogens with one attached hydrogen (secondary N) is 3. The number of hydrogen-bond acceptors (Lipinski definition) is 7. The molecular weight excluding hydrogens is 398 g/mol. The Morgan fingerprint density at radius 2 is 1.55 bits per heavy atom. The molecule has 156 valence electrons. The zero-order chi connectivity index (χ0) is 21.5. The minimum absolute atomic E-state index is 0.0356. The molecule has 2 amide bonds. The van der Waals surface area contributed by atoms with Crippen molar-refractivity contribution in [3.05, 3.63) is 83.8 Å². The lowest BCUT2D eigenvalue weighted by Crippen LogP contribution is -2.39. The molecule has 3 N–H and O–H groups in total. The van der Waals surface area contributed by atoms with Crippen molar-refractivity contribution in [1.82, 2.24) is 36.0 Å². The van der Waals surface area contributed by atoms with Crippen LogP contribution in [0.2, 0.25) is 0 Å². The maximum Gasteiger partial charge on any atom is 0.309 e. The SMILES string of the molecule is O=C(NCc1nc(-c2ccccc2)n[nH]1)C(=O)NCc1nc(Cc2ccccc2)no1. The summed E-state index contributed by atoms with van der Waals surface area (Å²) in [6.45, 7) is -0.0115. The Labute approximate surface area is 177 Å². The third-order valence-corrected chi connectivity index (χ3v) is 4.30. The molecule has 2 aromatic carbocycles. The van der Waals surface area contributed by atoms with Crippen LogP contribution < -0.4 is 10.6 Å². The van der Waals surface area contributed by atoms with Crippen LogP contribution in [0.5, 0.6) is 0 Å². The fraction of sp³-hybridized carbons (Fsp3) is 0.143. The van der Waals surface area contributed by atoms with Gasteiger partial charge in [0.1, 0.15) is 5.82 Å². The molecule has 0 fully saturated rings. The number of rotatable bonds is 7. The summed E-state index contributed by atoms with van der Waals surface area (Å²) < 4.78 is 5.11. The van der Waals surface area contributed by atoms with Crippen molar-refractivity contribution in [2.24, 2.45) is 0 Å². The second kappa shape index (κ2) is 9.44. The zero-order valence-electron chi connectivity index (χ0n) is 16.4. The third kappa shape index (κ3) is 5.38. The molecule has 0 saturated carbocycles. The molecule has 0 aliphatic carbocycles. The highest BCUT2D eigenvalue weighted by Crippen LogP contribution is 2.13. The van der Waals surface area contributed by atoms with Gasteiger partial charge >= 0.3 is 11.8 Å². The molecule has 4 rings (SSSR count). The van der Waals surface area contributed by atoms with Gasteiger partial charge in [0.05, 0.1) is 13.1 Å². The maximum absolute atomic E-state index is 12.0. The van der Waals surface area contributed by atoms with E-state index in [-0.39, 0.29) is 19.0 Å². The Kier molecular flexibility index (Phi) is 6.08. The molecule has 0 atom stereocenters. The van der Waals surface area contributed by atoms with Crippen molar-refractivity contribution >= 4 is 11.8 Å². The minimum atomic E-state index is -0.814. The molecule has 0 spiro atoms. The fourth-order valence-electron chi connectivity index (χ4n) is 2.78. The largest absolute Gasteiger partial charge is 0.341 e. The van der Waals surface area contributed by atoms with Crippen molar-refractivity contribution in [2.75, 3.05) is 0 Å². The molecule has 0 unspecified atom stereocenters. The summed E-state index contributed by atoms with van der Waals surface area (Å²) in [5.41, 5.74) is 1.89. The van der Waals surface area contributed by atoms with Crippen molar-refractivity contribution in [2.45, 2.75) is 19.5 Å². The quantitative estimate of drug-likeness (QED) is 0.386. The predicted molar refractivity (Wildman–Crippen MR) is 109 cm³/mol. The summed E-state index contributed by atoms with van der Waals surface area (Å²) in [5.74, 6) is 0.0426. The molecule has 10 heteroatoms. The van der Waals surface area contributed by atoms with Gasteiger partial charge in [-0.3, -0.25) is 14.7 Å². The Morgan fingerprint density at radius 1 is 0.871 bits per heavy atom. The molecule has 2 heterocycles. The van der Waals surface area contributed by atoms with E-state index in [1.165, 1.54) is 0 Å². The Bertz CT molecular complexity index is 1160. The van der Waals surface area contributed by atoms with Gasteiger partial charge in [-0.05, 0) is 5.56 Å². The van der Waals surface area contributed by atoms with Gasteiger partial charge in [0.15, 0.2) is 11.6 Å². The lowest BCUT2D eigenvalue weighted by atomic mass is 10.1. The zero-order valence-corrected chi connectivity index (χ0v) is 16.4. The highest BCUT2D eigenvalue weighted by molar-refractivity contribution is 6.35. The number of nitrogens with zero attached hydrogens (tertiary/aromatic N) is 4. The summed E-state index contributed by atoms with van der Waals surface area (Å²) in [5, 5.41) is 15.7. The highest BCUT2D eigenvalue weighted by atomic mass is 16.5. The fourth-order valence-corrected chi connectivity index (χ4v) is 2.78. The Balaban J connectivity index is 1.23. The van der Waals surface area contributed by atoms with Gasteiger partial charge in [-0.1, -0.05) is 65.8 Å². The first kappa shape index (κ1) is 20.0.